The number of piperazine rings is 1. The highest BCUT2D eigenvalue weighted by Crippen LogP contribution is 2.45. The van der Waals surface area contributed by atoms with E-state index in [4.69, 9.17) is 25.9 Å². The second kappa shape index (κ2) is 21.6. The van der Waals surface area contributed by atoms with Crippen molar-refractivity contribution in [1.29, 1.82) is 0 Å². The van der Waals surface area contributed by atoms with E-state index >= 15 is 8.78 Å². The molecule has 5 atom stereocenters. The Morgan fingerprint density at radius 3 is 2.55 bits per heavy atom. The maximum atomic E-state index is 17.3. The number of imide groups is 2. The number of aromatic nitrogens is 3. The highest BCUT2D eigenvalue weighted by Gasteiger charge is 2.52. The second-order valence-electron chi connectivity index (χ2n) is 21.7. The molecule has 78 heavy (non-hydrogen) atoms. The van der Waals surface area contributed by atoms with Crippen molar-refractivity contribution in [3.63, 3.8) is 0 Å². The zero-order valence-electron chi connectivity index (χ0n) is 43.5. The summed E-state index contributed by atoms with van der Waals surface area (Å²) in [5.74, 6) is -0.866. The number of pyridine rings is 1. The van der Waals surface area contributed by atoms with Crippen LogP contribution in [0.2, 0.25) is 0 Å². The van der Waals surface area contributed by atoms with Crippen molar-refractivity contribution in [3.05, 3.63) is 89.1 Å². The van der Waals surface area contributed by atoms with Gasteiger partial charge in [0.15, 0.2) is 5.82 Å². The van der Waals surface area contributed by atoms with E-state index in [1.807, 2.05) is 0 Å². The number of aromatic hydroxyl groups is 1. The molecule has 5 fully saturated rings. The Balaban J connectivity index is 0.676. The summed E-state index contributed by atoms with van der Waals surface area (Å²) in [7, 11) is 1.74. The number of carbonyl (C=O) groups is 5. The highest BCUT2D eigenvalue weighted by atomic mass is 19.1. The fourth-order valence-corrected chi connectivity index (χ4v) is 12.6. The van der Waals surface area contributed by atoms with Crippen LogP contribution in [-0.2, 0) is 14.3 Å². The van der Waals surface area contributed by atoms with Crippen molar-refractivity contribution < 1.29 is 47.3 Å². The summed E-state index contributed by atoms with van der Waals surface area (Å²) in [6.45, 7) is 7.74. The van der Waals surface area contributed by atoms with Crippen molar-refractivity contribution in [1.82, 2.24) is 40.3 Å². The fourth-order valence-electron chi connectivity index (χ4n) is 12.6. The Labute approximate surface area is 449 Å². The van der Waals surface area contributed by atoms with Gasteiger partial charge >= 0.3 is 12.1 Å². The number of hydrogen-bond donors (Lipinski definition) is 4. The number of carbonyl (C=O) groups excluding carboxylic acids is 5. The van der Waals surface area contributed by atoms with Gasteiger partial charge in [0.2, 0.25) is 11.8 Å². The Morgan fingerprint density at radius 1 is 0.987 bits per heavy atom. The van der Waals surface area contributed by atoms with Crippen LogP contribution in [0.5, 0.6) is 11.8 Å². The number of amides is 5. The largest absolute Gasteiger partial charge is 0.508 e. The molecule has 0 aliphatic carbocycles. The average molecular weight is 1070 g/mol. The SMILES string of the molecule is C#Cc1c(F)ccc2cc(O)cc(-c3ncc4c(N5CC6CCC(C5)N6)nc(OC[C@@]56CC[C@@H](COC(=O)N(C)CCCCCCCCNc7cccc8c7C(=O)N(C7CCC(=O)NC7=O)C8=O)N5CC(=C)C6)nc4c3F)c12. The van der Waals surface area contributed by atoms with E-state index in [2.05, 4.69) is 43.2 Å². The molecule has 3 aromatic carbocycles. The number of unbranched alkanes of at least 4 members (excludes halogenated alkanes) is 5. The van der Waals surface area contributed by atoms with Crippen molar-refractivity contribution in [2.75, 3.05) is 63.2 Å². The summed E-state index contributed by atoms with van der Waals surface area (Å²) < 4.78 is 44.8. The summed E-state index contributed by atoms with van der Waals surface area (Å²) in [6.07, 6.45) is 16.7. The number of nitrogens with one attached hydrogen (secondary N) is 3. The van der Waals surface area contributed by atoms with Crippen molar-refractivity contribution in [3.8, 4) is 35.4 Å². The molecule has 5 aromatic rings. The predicted molar refractivity (Wildman–Crippen MR) is 287 cm³/mol. The quantitative estimate of drug-likeness (QED) is 0.0296. The molecule has 0 spiro atoms. The van der Waals surface area contributed by atoms with Crippen molar-refractivity contribution in [2.45, 2.75) is 113 Å². The van der Waals surface area contributed by atoms with Gasteiger partial charge in [-0.2, -0.15) is 9.97 Å². The lowest BCUT2D eigenvalue weighted by atomic mass is 9.94. The zero-order chi connectivity index (χ0) is 54.4. The number of anilines is 2. The number of phenols is 1. The lowest BCUT2D eigenvalue weighted by Crippen LogP contribution is -2.54. The zero-order valence-corrected chi connectivity index (χ0v) is 43.5. The topological polar surface area (TPSA) is 212 Å². The van der Waals surface area contributed by atoms with Gasteiger partial charge in [0.25, 0.3) is 11.8 Å². The molecule has 5 saturated heterocycles. The molecule has 4 N–H and O–H groups in total. The summed E-state index contributed by atoms with van der Waals surface area (Å²) in [6, 6.07) is 9.86. The molecular weight excluding hydrogens is 1000 g/mol. The Kier molecular flexibility index (Phi) is 14.5. The van der Waals surface area contributed by atoms with Gasteiger partial charge in [-0.15, -0.1) is 6.42 Å². The normalized spacial score (nSPS) is 22.8. The summed E-state index contributed by atoms with van der Waals surface area (Å²) in [5, 5.41) is 20.9. The molecule has 0 saturated carbocycles. The first-order valence-corrected chi connectivity index (χ1v) is 27.0. The van der Waals surface area contributed by atoms with Crippen molar-refractivity contribution >= 4 is 62.9 Å². The third-order valence-corrected chi connectivity index (χ3v) is 16.5. The first-order valence-electron chi connectivity index (χ1n) is 27.0. The molecule has 6 aliphatic rings. The number of phenolic OH excluding ortho intramolecular Hbond substituents is 1. The number of hydrogen-bond acceptors (Lipinski definition) is 15. The molecule has 6 aliphatic heterocycles. The van der Waals surface area contributed by atoms with Crippen LogP contribution >= 0.6 is 0 Å². The summed E-state index contributed by atoms with van der Waals surface area (Å²) >= 11 is 0. The van der Waals surface area contributed by atoms with Gasteiger partial charge in [-0.05, 0) is 87.1 Å². The van der Waals surface area contributed by atoms with Crippen LogP contribution in [0, 0.1) is 24.0 Å². The van der Waals surface area contributed by atoms with Crippen LogP contribution in [0.25, 0.3) is 32.9 Å². The number of nitrogens with zero attached hydrogens (tertiary/aromatic N) is 7. The van der Waals surface area contributed by atoms with Crippen LogP contribution < -0.4 is 25.6 Å². The highest BCUT2D eigenvalue weighted by molar-refractivity contribution is 6.25. The summed E-state index contributed by atoms with van der Waals surface area (Å²) in [5.41, 5.74) is 1.42. The van der Waals surface area contributed by atoms with E-state index in [9.17, 15) is 29.1 Å². The fraction of sp³-hybridized carbons (Fsp3) is 0.448. The third-order valence-electron chi connectivity index (χ3n) is 16.5. The number of ether oxygens (including phenoxy) is 2. The number of rotatable bonds is 18. The van der Waals surface area contributed by atoms with Crippen LogP contribution in [0.3, 0.4) is 0 Å². The minimum atomic E-state index is -1.02. The maximum absolute atomic E-state index is 17.3. The van der Waals surface area contributed by atoms with E-state index in [0.29, 0.717) is 61.4 Å². The second-order valence-corrected chi connectivity index (χ2v) is 21.7. The Bertz CT molecular complexity index is 3320. The molecule has 20 heteroatoms. The Morgan fingerprint density at radius 2 is 1.77 bits per heavy atom. The summed E-state index contributed by atoms with van der Waals surface area (Å²) in [4.78, 5) is 85.2. The molecule has 8 heterocycles. The maximum Gasteiger partial charge on any atom is 0.409 e. The first-order chi connectivity index (χ1) is 37.7. The van der Waals surface area contributed by atoms with E-state index in [1.54, 1.807) is 30.1 Å². The standard InChI is InChI=1S/C58H62F2N10O8/c1-4-39-43(59)17-14-34-24-38(71)25-41(47(34)39)50-49(60)51-42(27-62-50)52(68-29-35-15-16-36(30-68)63-35)66-56(65-51)78-32-58-21-20-37(69(58)28-33(2)26-58)31-77-57(76)67(3)23-10-8-6-5-7-9-22-61-44-13-11-12-40-48(44)55(75)70(54(40)74)45-18-19-46(72)64-53(45)73/h1,11-14,17,24-25,27,35-37,45,61,63,71H,2,5-10,15-16,18-23,26,28-32H2,3H3,(H,64,72,73)/t35?,36?,37-,45?,58-/m0/s1. The average Bonchev–Trinajstić information content (AvgIpc) is 4.30. The van der Waals surface area contributed by atoms with Gasteiger partial charge in [0, 0.05) is 87.2 Å². The minimum absolute atomic E-state index is 0.0112. The monoisotopic (exact) mass is 1060 g/mol. The number of fused-ring (bicyclic) bond motifs is 6. The van der Waals surface area contributed by atoms with Crippen LogP contribution in [-0.4, -0.2) is 147 Å². The number of terminal acetylenes is 1. The van der Waals surface area contributed by atoms with E-state index in [0.717, 1.165) is 74.7 Å². The molecule has 18 nitrogen and oxygen atoms in total. The molecule has 5 amide bonds. The lowest BCUT2D eigenvalue weighted by Gasteiger charge is -2.35. The minimum Gasteiger partial charge on any atom is -0.508 e. The molecule has 2 bridgehead atoms. The van der Waals surface area contributed by atoms with Crippen molar-refractivity contribution in [2.24, 2.45) is 0 Å². The van der Waals surface area contributed by atoms with Gasteiger partial charge in [0.05, 0.1) is 27.6 Å². The van der Waals surface area contributed by atoms with E-state index < -0.39 is 52.9 Å². The predicted octanol–water partition coefficient (Wildman–Crippen LogP) is 7.21. The van der Waals surface area contributed by atoms with Gasteiger partial charge in [0.1, 0.15) is 47.9 Å². The molecule has 3 unspecified atom stereocenters. The number of halogens is 2. The van der Waals surface area contributed by atoms with Crippen LogP contribution in [0.4, 0.5) is 25.1 Å². The lowest BCUT2D eigenvalue weighted by molar-refractivity contribution is -0.136. The Hall–Kier alpha value is -7.76. The van der Waals surface area contributed by atoms with Gasteiger partial charge in [-0.25, -0.2) is 13.6 Å². The molecule has 2 aromatic heterocycles. The van der Waals surface area contributed by atoms with E-state index in [1.165, 1.54) is 30.5 Å². The number of benzene rings is 3. The first kappa shape index (κ1) is 52.3. The van der Waals surface area contributed by atoms with Crippen LogP contribution in [0.1, 0.15) is 110 Å². The number of piperidine rings is 1. The molecule has 0 radical (unpaired) electrons. The van der Waals surface area contributed by atoms with Gasteiger partial charge in [-0.3, -0.25) is 39.3 Å². The smallest absolute Gasteiger partial charge is 0.409 e. The molecular formula is C58H62F2N10O8. The molecule has 11 rings (SSSR count). The third kappa shape index (κ3) is 9.93. The van der Waals surface area contributed by atoms with Gasteiger partial charge in [-0.1, -0.05) is 55.9 Å². The van der Waals surface area contributed by atoms with Gasteiger partial charge < -0.3 is 35.0 Å². The molecule has 406 valence electrons. The van der Waals surface area contributed by atoms with E-state index in [-0.39, 0.29) is 94.8 Å². The van der Waals surface area contributed by atoms with Crippen LogP contribution in [0.15, 0.2) is 60.8 Å².